The molecule has 2 atom stereocenters. The maximum Gasteiger partial charge on any atom is 0.320 e. The fourth-order valence-corrected chi connectivity index (χ4v) is 6.17. The quantitative estimate of drug-likeness (QED) is 0.621. The average Bonchev–Trinajstić information content (AvgIpc) is 3.55. The Hall–Kier alpha value is -2.86. The molecule has 2 heterocycles. The van der Waals surface area contributed by atoms with Gasteiger partial charge in [-0.3, -0.25) is 0 Å². The number of ether oxygens (including phenoxy) is 1. The Bertz CT molecular complexity index is 1320. The average molecular weight is 528 g/mol. The molecule has 3 aliphatic rings. The number of rotatable bonds is 3. The molecule has 1 aliphatic carbocycles. The fourth-order valence-electron chi connectivity index (χ4n) is 5.32. The topological polar surface area (TPSA) is 79.0 Å². The SMILES string of the molecule is CN1CCOc2c(F)cc(F)cc2-c2cccc(c2F)C[C@H]2[C@@H](NS(=O)(=O)CF)C3(CC3)CN2C1=O. The van der Waals surface area contributed by atoms with Crippen LogP contribution in [-0.4, -0.2) is 69.1 Å². The zero-order valence-corrected chi connectivity index (χ0v) is 20.3. The fraction of sp³-hybridized carbons (Fsp3) is 0.458. The largest absolute Gasteiger partial charge is 0.488 e. The van der Waals surface area contributed by atoms with Crippen molar-refractivity contribution in [2.24, 2.45) is 5.41 Å². The summed E-state index contributed by atoms with van der Waals surface area (Å²) in [7, 11) is -2.75. The van der Waals surface area contributed by atoms with Crippen molar-refractivity contribution in [1.29, 1.82) is 0 Å². The summed E-state index contributed by atoms with van der Waals surface area (Å²) in [4.78, 5) is 16.3. The summed E-state index contributed by atoms with van der Waals surface area (Å²) in [6.07, 6.45) is 1.18. The van der Waals surface area contributed by atoms with Crippen molar-refractivity contribution in [3.05, 3.63) is 53.3 Å². The number of urea groups is 1. The summed E-state index contributed by atoms with van der Waals surface area (Å²) >= 11 is 0. The van der Waals surface area contributed by atoms with E-state index in [0.717, 1.165) is 6.07 Å². The number of halogens is 4. The molecule has 12 heteroatoms. The Morgan fingerprint density at radius 3 is 2.61 bits per heavy atom. The lowest BCUT2D eigenvalue weighted by molar-refractivity contribution is 0.146. The predicted octanol–water partition coefficient (Wildman–Crippen LogP) is 3.44. The van der Waals surface area contributed by atoms with Gasteiger partial charge in [-0.1, -0.05) is 18.2 Å². The number of alkyl halides is 1. The Labute approximate surface area is 206 Å². The normalized spacial score (nSPS) is 23.3. The van der Waals surface area contributed by atoms with Crippen LogP contribution in [0.3, 0.4) is 0 Å². The molecule has 2 bridgehead atoms. The molecule has 5 rings (SSSR count). The molecule has 2 aromatic rings. The standard InChI is InChI=1S/C24H25F4N3O4S/c1-30-7-8-35-21-17(10-15(26)11-18(21)27)16-4-2-3-14(20(16)28)9-19-22(29-36(33,34)13-25)24(5-6-24)12-31(19)23(30)32/h2-4,10-11,19,22,29H,5-9,12-13H2,1H3/t19-,22+/m0/s1. The van der Waals surface area contributed by atoms with E-state index in [4.69, 9.17) is 4.74 Å². The van der Waals surface area contributed by atoms with E-state index in [-0.39, 0.29) is 48.6 Å². The number of carbonyl (C=O) groups is 1. The highest BCUT2D eigenvalue weighted by Gasteiger charge is 2.61. The number of hydrogen-bond donors (Lipinski definition) is 1. The molecule has 194 valence electrons. The van der Waals surface area contributed by atoms with Crippen LogP contribution in [-0.2, 0) is 16.4 Å². The van der Waals surface area contributed by atoms with Crippen molar-refractivity contribution in [1.82, 2.24) is 14.5 Å². The second kappa shape index (κ2) is 8.91. The zero-order chi connectivity index (χ0) is 25.8. The van der Waals surface area contributed by atoms with Crippen LogP contribution in [0.2, 0.25) is 0 Å². The summed E-state index contributed by atoms with van der Waals surface area (Å²) in [6, 6.07) is 2.30. The molecule has 0 radical (unpaired) electrons. The first-order valence-corrected chi connectivity index (χ1v) is 13.2. The van der Waals surface area contributed by atoms with Crippen molar-refractivity contribution in [3.63, 3.8) is 0 Å². The van der Waals surface area contributed by atoms with E-state index >= 15 is 4.39 Å². The summed E-state index contributed by atoms with van der Waals surface area (Å²) in [6.45, 7) is 0.107. The van der Waals surface area contributed by atoms with Crippen LogP contribution < -0.4 is 9.46 Å². The highest BCUT2D eigenvalue weighted by Crippen LogP contribution is 2.56. The number of amides is 2. The first-order chi connectivity index (χ1) is 17.0. The van der Waals surface area contributed by atoms with Gasteiger partial charge in [0.05, 0.1) is 12.6 Å². The molecule has 7 nitrogen and oxygen atoms in total. The van der Waals surface area contributed by atoms with Crippen LogP contribution in [0, 0.1) is 22.9 Å². The van der Waals surface area contributed by atoms with Crippen LogP contribution in [0.1, 0.15) is 18.4 Å². The Morgan fingerprint density at radius 2 is 1.92 bits per heavy atom. The van der Waals surface area contributed by atoms with Gasteiger partial charge in [0.2, 0.25) is 16.0 Å². The van der Waals surface area contributed by atoms with Crippen molar-refractivity contribution in [2.45, 2.75) is 31.3 Å². The molecular formula is C24H25F4N3O4S. The van der Waals surface area contributed by atoms with Gasteiger partial charge in [-0.15, -0.1) is 0 Å². The van der Waals surface area contributed by atoms with Crippen LogP contribution in [0.15, 0.2) is 30.3 Å². The molecule has 1 N–H and O–H groups in total. The van der Waals surface area contributed by atoms with Gasteiger partial charge < -0.3 is 14.5 Å². The monoisotopic (exact) mass is 527 g/mol. The molecular weight excluding hydrogens is 502 g/mol. The van der Waals surface area contributed by atoms with Crippen molar-refractivity contribution < 1.29 is 35.5 Å². The second-order valence-electron chi connectivity index (χ2n) is 9.68. The van der Waals surface area contributed by atoms with E-state index in [1.54, 1.807) is 0 Å². The van der Waals surface area contributed by atoms with Crippen LogP contribution >= 0.6 is 0 Å². The summed E-state index contributed by atoms with van der Waals surface area (Å²) in [5, 5.41) is 0. The molecule has 1 spiro atoms. The number of nitrogens with one attached hydrogen (secondary N) is 1. The molecule has 0 unspecified atom stereocenters. The van der Waals surface area contributed by atoms with Gasteiger partial charge in [0, 0.05) is 42.2 Å². The van der Waals surface area contributed by atoms with Gasteiger partial charge >= 0.3 is 6.03 Å². The van der Waals surface area contributed by atoms with E-state index in [1.165, 1.54) is 35.0 Å². The van der Waals surface area contributed by atoms with Gasteiger partial charge in [0.1, 0.15) is 18.2 Å². The summed E-state index contributed by atoms with van der Waals surface area (Å²) in [5.41, 5.74) is -0.651. The van der Waals surface area contributed by atoms with Gasteiger partial charge in [-0.05, 0) is 30.9 Å². The van der Waals surface area contributed by atoms with Crippen molar-refractivity contribution in [2.75, 3.05) is 32.8 Å². The van der Waals surface area contributed by atoms with Gasteiger partial charge in [0.25, 0.3) is 0 Å². The summed E-state index contributed by atoms with van der Waals surface area (Å²) < 4.78 is 90.2. The Kier molecular flexibility index (Phi) is 6.14. The Balaban J connectivity index is 1.64. The van der Waals surface area contributed by atoms with Crippen molar-refractivity contribution >= 4 is 16.1 Å². The molecule has 1 saturated carbocycles. The second-order valence-corrected chi connectivity index (χ2v) is 11.4. The maximum atomic E-state index is 15.8. The number of likely N-dealkylation sites (N-methyl/N-ethyl adjacent to an activating group) is 1. The third kappa shape index (κ3) is 4.30. The molecule has 2 aromatic carbocycles. The smallest absolute Gasteiger partial charge is 0.320 e. The third-order valence-corrected chi connectivity index (χ3v) is 8.22. The number of nitrogens with zero attached hydrogens (tertiary/aromatic N) is 2. The van der Waals surface area contributed by atoms with E-state index < -0.39 is 57.0 Å². The van der Waals surface area contributed by atoms with E-state index in [2.05, 4.69) is 4.72 Å². The van der Waals surface area contributed by atoms with Crippen molar-refractivity contribution in [3.8, 4) is 16.9 Å². The minimum absolute atomic E-state index is 0.0340. The number of fused-ring (bicyclic) bond motifs is 5. The zero-order valence-electron chi connectivity index (χ0n) is 19.4. The van der Waals surface area contributed by atoms with Crippen LogP contribution in [0.25, 0.3) is 11.1 Å². The first-order valence-electron chi connectivity index (χ1n) is 11.5. The molecule has 2 aliphatic heterocycles. The lowest BCUT2D eigenvalue weighted by Crippen LogP contribution is -2.52. The van der Waals surface area contributed by atoms with E-state index in [0.29, 0.717) is 18.9 Å². The molecule has 2 amide bonds. The van der Waals surface area contributed by atoms with Crippen LogP contribution in [0.4, 0.5) is 22.4 Å². The van der Waals surface area contributed by atoms with Gasteiger partial charge in [0.15, 0.2) is 11.6 Å². The van der Waals surface area contributed by atoms with E-state index in [9.17, 15) is 26.4 Å². The first kappa shape index (κ1) is 24.8. The number of sulfonamides is 1. The number of benzene rings is 2. The highest BCUT2D eigenvalue weighted by molar-refractivity contribution is 7.89. The molecule has 36 heavy (non-hydrogen) atoms. The minimum Gasteiger partial charge on any atom is -0.488 e. The lowest BCUT2D eigenvalue weighted by atomic mass is 9.91. The third-order valence-electron chi connectivity index (χ3n) is 7.32. The summed E-state index contributed by atoms with van der Waals surface area (Å²) in [5.74, 6) is -3.01. The molecule has 1 saturated heterocycles. The number of hydrogen-bond acceptors (Lipinski definition) is 4. The van der Waals surface area contributed by atoms with Gasteiger partial charge in [-0.25, -0.2) is 35.5 Å². The van der Waals surface area contributed by atoms with E-state index in [1.807, 2.05) is 0 Å². The minimum atomic E-state index is -4.27. The predicted molar refractivity (Wildman–Crippen MR) is 123 cm³/mol. The molecule has 2 fully saturated rings. The molecule has 0 aromatic heterocycles. The maximum absolute atomic E-state index is 15.8. The highest BCUT2D eigenvalue weighted by atomic mass is 32.2. The van der Waals surface area contributed by atoms with Gasteiger partial charge in [-0.2, -0.15) is 0 Å². The lowest BCUT2D eigenvalue weighted by Gasteiger charge is -2.32. The Morgan fingerprint density at radius 1 is 1.17 bits per heavy atom. The number of carbonyl (C=O) groups excluding carboxylic acids is 1. The van der Waals surface area contributed by atoms with Crippen LogP contribution in [0.5, 0.6) is 5.75 Å².